The van der Waals surface area contributed by atoms with Crippen molar-refractivity contribution in [1.82, 2.24) is 14.8 Å². The lowest BCUT2D eigenvalue weighted by Gasteiger charge is -2.36. The summed E-state index contributed by atoms with van der Waals surface area (Å²) in [7, 11) is 1.44. The van der Waals surface area contributed by atoms with Gasteiger partial charge in [-0.2, -0.15) is 22.0 Å². The normalized spacial score (nSPS) is 21.8. The number of aromatic nitrogens is 3. The van der Waals surface area contributed by atoms with Crippen molar-refractivity contribution in [3.63, 3.8) is 0 Å². The predicted molar refractivity (Wildman–Crippen MR) is 124 cm³/mol. The SMILES string of the molecule is CO[C@H]1CC(OC(=O)Nc2ccc(-c3ncn(-c4ccc(OC(F)(F)C(F)(F)F)cc4)n3)cc2)O[C@@H](C)[C@@H]1O. The molecule has 15 heteroatoms. The molecule has 2 heterocycles. The Labute approximate surface area is 218 Å². The fourth-order valence-corrected chi connectivity index (χ4v) is 3.68. The van der Waals surface area contributed by atoms with Crippen LogP contribution in [0.25, 0.3) is 17.1 Å². The molecule has 1 fully saturated rings. The Morgan fingerprint density at radius 3 is 2.38 bits per heavy atom. The van der Waals surface area contributed by atoms with Crippen LogP contribution in [0.2, 0.25) is 0 Å². The van der Waals surface area contributed by atoms with E-state index in [0.29, 0.717) is 16.9 Å². The first-order valence-electron chi connectivity index (χ1n) is 11.5. The van der Waals surface area contributed by atoms with Gasteiger partial charge in [-0.25, -0.2) is 14.5 Å². The van der Waals surface area contributed by atoms with E-state index >= 15 is 0 Å². The Morgan fingerprint density at radius 1 is 1.10 bits per heavy atom. The van der Waals surface area contributed by atoms with Crippen molar-refractivity contribution >= 4 is 11.8 Å². The topological polar surface area (TPSA) is 117 Å². The minimum absolute atomic E-state index is 0.165. The first-order chi connectivity index (χ1) is 18.4. The van der Waals surface area contributed by atoms with Gasteiger partial charge in [0.2, 0.25) is 6.29 Å². The van der Waals surface area contributed by atoms with E-state index in [1.54, 1.807) is 31.2 Å². The number of methoxy groups -OCH3 is 1. The minimum atomic E-state index is -5.85. The molecule has 0 aliphatic carbocycles. The van der Waals surface area contributed by atoms with Gasteiger partial charge in [-0.15, -0.1) is 5.10 Å². The summed E-state index contributed by atoms with van der Waals surface area (Å²) in [6, 6.07) is 10.8. The molecule has 2 N–H and O–H groups in total. The maximum atomic E-state index is 13.1. The average Bonchev–Trinajstić information content (AvgIpc) is 3.36. The van der Waals surface area contributed by atoms with Crippen molar-refractivity contribution in [2.45, 2.75) is 50.2 Å². The van der Waals surface area contributed by atoms with Crippen molar-refractivity contribution < 1.29 is 50.8 Å². The summed E-state index contributed by atoms with van der Waals surface area (Å²) < 4.78 is 84.1. The summed E-state index contributed by atoms with van der Waals surface area (Å²) in [4.78, 5) is 16.4. The molecule has 3 aromatic rings. The number of nitrogens with zero attached hydrogens (tertiary/aromatic N) is 3. The van der Waals surface area contributed by atoms with Gasteiger partial charge in [0.05, 0.1) is 17.9 Å². The Morgan fingerprint density at radius 2 is 1.77 bits per heavy atom. The molecule has 0 spiro atoms. The molecule has 1 aliphatic rings. The number of aliphatic hydroxyl groups excluding tert-OH is 1. The molecule has 210 valence electrons. The van der Waals surface area contributed by atoms with Crippen LogP contribution in [0.3, 0.4) is 0 Å². The highest BCUT2D eigenvalue weighted by atomic mass is 19.4. The molecule has 1 saturated heterocycles. The van der Waals surface area contributed by atoms with Crippen molar-refractivity contribution in [1.29, 1.82) is 0 Å². The predicted octanol–water partition coefficient (Wildman–Crippen LogP) is 4.53. The van der Waals surface area contributed by atoms with E-state index < -0.39 is 48.7 Å². The molecule has 0 radical (unpaired) electrons. The second-order valence-electron chi connectivity index (χ2n) is 8.50. The molecule has 4 rings (SSSR count). The number of carbonyl (C=O) groups is 1. The van der Waals surface area contributed by atoms with E-state index in [1.807, 2.05) is 0 Å². The summed E-state index contributed by atoms with van der Waals surface area (Å²) >= 11 is 0. The molecule has 0 bridgehead atoms. The van der Waals surface area contributed by atoms with Gasteiger partial charge in [0.25, 0.3) is 0 Å². The van der Waals surface area contributed by atoms with E-state index in [4.69, 9.17) is 14.2 Å². The monoisotopic (exact) mass is 558 g/mol. The van der Waals surface area contributed by atoms with E-state index in [2.05, 4.69) is 20.1 Å². The van der Waals surface area contributed by atoms with Gasteiger partial charge < -0.3 is 24.1 Å². The van der Waals surface area contributed by atoms with Crippen LogP contribution in [0.4, 0.5) is 32.4 Å². The number of rotatable bonds is 7. The van der Waals surface area contributed by atoms with Gasteiger partial charge in [0.1, 0.15) is 18.2 Å². The molecule has 39 heavy (non-hydrogen) atoms. The Hall–Kier alpha value is -3.82. The number of aliphatic hydroxyl groups is 1. The number of ether oxygens (including phenoxy) is 4. The zero-order valence-electron chi connectivity index (χ0n) is 20.4. The van der Waals surface area contributed by atoms with Crippen LogP contribution >= 0.6 is 0 Å². The van der Waals surface area contributed by atoms with Crippen molar-refractivity contribution in [2.75, 3.05) is 12.4 Å². The summed E-state index contributed by atoms with van der Waals surface area (Å²) in [6.45, 7) is 1.64. The number of anilines is 1. The number of hydrogen-bond acceptors (Lipinski definition) is 8. The molecular formula is C24H23F5N4O6. The molecule has 2 aromatic carbocycles. The van der Waals surface area contributed by atoms with Gasteiger partial charge in [-0.1, -0.05) is 0 Å². The summed E-state index contributed by atoms with van der Waals surface area (Å²) in [5.74, 6) is -0.398. The average molecular weight is 558 g/mol. The van der Waals surface area contributed by atoms with Crippen molar-refractivity contribution in [3.05, 3.63) is 54.9 Å². The molecule has 1 aromatic heterocycles. The van der Waals surface area contributed by atoms with Crippen LogP contribution in [0.15, 0.2) is 54.9 Å². The van der Waals surface area contributed by atoms with Gasteiger partial charge in [0.15, 0.2) is 5.82 Å². The lowest BCUT2D eigenvalue weighted by Crippen LogP contribution is -2.49. The van der Waals surface area contributed by atoms with E-state index in [-0.39, 0.29) is 12.2 Å². The Kier molecular flexibility index (Phi) is 8.04. The third kappa shape index (κ3) is 6.61. The molecule has 4 atom stereocenters. The zero-order chi connectivity index (χ0) is 28.4. The summed E-state index contributed by atoms with van der Waals surface area (Å²) in [5, 5.41) is 16.8. The van der Waals surface area contributed by atoms with Crippen LogP contribution in [-0.4, -0.2) is 70.0 Å². The number of benzene rings is 2. The standard InChI is InChI=1S/C24H23F5N4O6/c1-13-20(34)18(36-2)11-19(37-13)38-22(35)31-15-5-3-14(4-6-15)21-30-12-33(32-21)16-7-9-17(10-8-16)39-24(28,29)23(25,26)27/h3-10,12-13,18-20,34H,11H2,1-2H3,(H,31,35)/t13-,18-,19?,20-/m0/s1. The third-order valence-corrected chi connectivity index (χ3v) is 5.75. The van der Waals surface area contributed by atoms with Crippen LogP contribution < -0.4 is 10.1 Å². The zero-order valence-corrected chi connectivity index (χ0v) is 20.4. The second-order valence-corrected chi connectivity index (χ2v) is 8.50. The number of alkyl halides is 5. The molecule has 1 aliphatic heterocycles. The highest BCUT2D eigenvalue weighted by molar-refractivity contribution is 5.85. The number of amides is 1. The third-order valence-electron chi connectivity index (χ3n) is 5.75. The van der Waals surface area contributed by atoms with Crippen LogP contribution in [0.5, 0.6) is 5.75 Å². The lowest BCUT2D eigenvalue weighted by molar-refractivity contribution is -0.360. The maximum Gasteiger partial charge on any atom is 0.499 e. The van der Waals surface area contributed by atoms with Gasteiger partial charge in [-0.3, -0.25) is 5.32 Å². The van der Waals surface area contributed by atoms with E-state index in [1.165, 1.54) is 30.3 Å². The van der Waals surface area contributed by atoms with E-state index in [0.717, 1.165) is 12.1 Å². The second kappa shape index (κ2) is 11.1. The fraction of sp³-hybridized carbons (Fsp3) is 0.375. The smallest absolute Gasteiger partial charge is 0.426 e. The maximum absolute atomic E-state index is 13.1. The molecule has 10 nitrogen and oxygen atoms in total. The van der Waals surface area contributed by atoms with E-state index in [9.17, 15) is 31.9 Å². The van der Waals surface area contributed by atoms with Crippen LogP contribution in [0, 0.1) is 0 Å². The number of hydrogen-bond donors (Lipinski definition) is 2. The highest BCUT2D eigenvalue weighted by Gasteiger charge is 2.61. The molecule has 1 amide bonds. The van der Waals surface area contributed by atoms with Crippen LogP contribution in [-0.2, 0) is 14.2 Å². The molecular weight excluding hydrogens is 535 g/mol. The fourth-order valence-electron chi connectivity index (χ4n) is 3.68. The summed E-state index contributed by atoms with van der Waals surface area (Å²) in [6.07, 6.45) is -13.3. The Bertz CT molecular complexity index is 1270. The lowest BCUT2D eigenvalue weighted by atomic mass is 10.0. The number of carbonyl (C=O) groups excluding carboxylic acids is 1. The summed E-state index contributed by atoms with van der Waals surface area (Å²) in [5.41, 5.74) is 1.31. The largest absolute Gasteiger partial charge is 0.499 e. The van der Waals surface area contributed by atoms with Gasteiger partial charge >= 0.3 is 18.4 Å². The molecule has 1 unspecified atom stereocenters. The minimum Gasteiger partial charge on any atom is -0.426 e. The molecule has 0 saturated carbocycles. The Balaban J connectivity index is 1.35. The quantitative estimate of drug-likeness (QED) is 0.407. The number of nitrogens with one attached hydrogen (secondary N) is 1. The van der Waals surface area contributed by atoms with Crippen LogP contribution in [0.1, 0.15) is 13.3 Å². The van der Waals surface area contributed by atoms with Gasteiger partial charge in [0, 0.05) is 24.8 Å². The van der Waals surface area contributed by atoms with Crippen molar-refractivity contribution in [3.8, 4) is 22.8 Å². The highest BCUT2D eigenvalue weighted by Crippen LogP contribution is 2.37. The number of halogens is 5. The van der Waals surface area contributed by atoms with Gasteiger partial charge in [-0.05, 0) is 55.5 Å². The first-order valence-corrected chi connectivity index (χ1v) is 11.5. The van der Waals surface area contributed by atoms with Crippen molar-refractivity contribution in [2.24, 2.45) is 0 Å². The first kappa shape index (κ1) is 28.2.